The number of halogens is 1. The monoisotopic (exact) mass is 605 g/mol. The second-order valence-electron chi connectivity index (χ2n) is 11.7. The lowest BCUT2D eigenvalue weighted by molar-refractivity contribution is 0.0635. The Morgan fingerprint density at radius 2 is 1.93 bits per heavy atom. The summed E-state index contributed by atoms with van der Waals surface area (Å²) in [4.78, 5) is 47.0. The van der Waals surface area contributed by atoms with Gasteiger partial charge in [0.25, 0.3) is 0 Å². The second-order valence-corrected chi connectivity index (χ2v) is 11.7. The average Bonchev–Trinajstić information content (AvgIpc) is 3.40. The molecule has 4 amide bonds. The van der Waals surface area contributed by atoms with Crippen molar-refractivity contribution in [3.8, 4) is 23.1 Å². The molecule has 0 radical (unpaired) electrons. The van der Waals surface area contributed by atoms with Gasteiger partial charge in [0.15, 0.2) is 5.82 Å². The van der Waals surface area contributed by atoms with E-state index in [2.05, 4.69) is 32.0 Å². The van der Waals surface area contributed by atoms with Crippen LogP contribution in [-0.2, 0) is 4.74 Å². The first-order chi connectivity index (χ1) is 20.8. The molecule has 3 aromatic rings. The Morgan fingerprint density at radius 3 is 2.61 bits per heavy atom. The Balaban J connectivity index is 1.57. The quantitative estimate of drug-likeness (QED) is 0.287. The number of carbonyl (C=O) groups excluding carboxylic acids is 2. The van der Waals surface area contributed by atoms with Crippen LogP contribution >= 0.6 is 0 Å². The predicted molar refractivity (Wildman–Crippen MR) is 159 cm³/mol. The molecule has 0 unspecified atom stereocenters. The van der Waals surface area contributed by atoms with Gasteiger partial charge in [-0.25, -0.2) is 28.7 Å². The molecule has 1 fully saturated rings. The topological polar surface area (TPSA) is 179 Å². The number of carboxylic acid groups (broad SMARTS) is 1. The van der Waals surface area contributed by atoms with E-state index in [-0.39, 0.29) is 64.7 Å². The molecule has 13 nitrogen and oxygen atoms in total. The number of nitriles is 1. The first kappa shape index (κ1) is 30.3. The molecule has 0 bridgehead atoms. The van der Waals surface area contributed by atoms with Crippen molar-refractivity contribution in [3.63, 3.8) is 0 Å². The van der Waals surface area contributed by atoms with Crippen LogP contribution in [0.25, 0.3) is 21.9 Å². The molecule has 0 saturated heterocycles. The maximum absolute atomic E-state index is 16.4. The maximum atomic E-state index is 16.4. The lowest BCUT2D eigenvalue weighted by Crippen LogP contribution is -2.37. The Hall–Kier alpha value is -5.19. The van der Waals surface area contributed by atoms with Crippen LogP contribution in [0.5, 0.6) is 5.88 Å². The van der Waals surface area contributed by atoms with Gasteiger partial charge in [0.05, 0.1) is 18.3 Å². The number of anilines is 3. The molecular weight excluding hydrogens is 573 g/mol. The van der Waals surface area contributed by atoms with Gasteiger partial charge in [-0.15, -0.1) is 0 Å². The van der Waals surface area contributed by atoms with E-state index in [0.29, 0.717) is 30.2 Å². The van der Waals surface area contributed by atoms with Crippen molar-refractivity contribution in [1.29, 1.82) is 5.26 Å². The van der Waals surface area contributed by atoms with Gasteiger partial charge in [-0.05, 0) is 70.0 Å². The van der Waals surface area contributed by atoms with E-state index in [4.69, 9.17) is 14.7 Å². The number of ether oxygens (including phenoxy) is 2. The molecular formula is C30H32FN7O6. The van der Waals surface area contributed by atoms with E-state index in [1.54, 1.807) is 27.7 Å². The van der Waals surface area contributed by atoms with Crippen molar-refractivity contribution in [2.24, 2.45) is 5.92 Å². The summed E-state index contributed by atoms with van der Waals surface area (Å²) in [7, 11) is 0. The number of nitrogens with zero attached hydrogens (tertiary/aromatic N) is 4. The standard InChI is InChI=1S/C30H32FN7O6/c1-15-20(13-34-26-25(15)38(29(41)42)7-8-43-26)19-10-17-11-22(36-27(39)35-18-6-5-16(9-18)12-32)33-14-21(17)24(23(19)31)37-28(40)44-30(2,3)4/h10-11,13-14,16,18H,5-9H2,1-4H3,(H,37,40)(H,41,42)(H2,33,35,36,39)/t16-,18+/m1/s1. The average molecular weight is 606 g/mol. The number of amides is 4. The summed E-state index contributed by atoms with van der Waals surface area (Å²) in [5, 5.41) is 27.6. The van der Waals surface area contributed by atoms with Gasteiger partial charge in [-0.1, -0.05) is 0 Å². The van der Waals surface area contributed by atoms with Gasteiger partial charge in [-0.3, -0.25) is 15.5 Å². The number of benzene rings is 1. The Labute approximate surface area is 252 Å². The molecule has 230 valence electrons. The van der Waals surface area contributed by atoms with Crippen molar-refractivity contribution in [1.82, 2.24) is 15.3 Å². The molecule has 14 heteroatoms. The molecule has 2 atom stereocenters. The minimum absolute atomic E-state index is 0.0161. The molecule has 3 heterocycles. The van der Waals surface area contributed by atoms with Gasteiger partial charge in [-0.2, -0.15) is 5.26 Å². The number of urea groups is 1. The fraction of sp³-hybridized carbons (Fsp3) is 0.400. The van der Waals surface area contributed by atoms with Crippen LogP contribution in [0.3, 0.4) is 0 Å². The minimum atomic E-state index is -1.20. The molecule has 1 aliphatic heterocycles. The zero-order chi connectivity index (χ0) is 31.8. The van der Waals surface area contributed by atoms with Crippen molar-refractivity contribution in [2.75, 3.05) is 28.7 Å². The molecule has 4 N–H and O–H groups in total. The molecule has 1 aromatic carbocycles. The summed E-state index contributed by atoms with van der Waals surface area (Å²) in [5.74, 6) is -0.645. The largest absolute Gasteiger partial charge is 0.474 e. The lowest BCUT2D eigenvalue weighted by Gasteiger charge is -2.29. The summed E-state index contributed by atoms with van der Waals surface area (Å²) < 4.78 is 27.3. The van der Waals surface area contributed by atoms with Gasteiger partial charge < -0.3 is 19.9 Å². The van der Waals surface area contributed by atoms with Gasteiger partial charge in [0.2, 0.25) is 5.88 Å². The van der Waals surface area contributed by atoms with Crippen molar-refractivity contribution in [2.45, 2.75) is 58.6 Å². The van der Waals surface area contributed by atoms with Crippen LogP contribution in [0, 0.1) is 30.0 Å². The van der Waals surface area contributed by atoms with Crippen molar-refractivity contribution in [3.05, 3.63) is 35.9 Å². The maximum Gasteiger partial charge on any atom is 0.412 e. The van der Waals surface area contributed by atoms with E-state index >= 15 is 4.39 Å². The number of nitrogens with one attached hydrogen (secondary N) is 3. The number of fused-ring (bicyclic) bond motifs is 2. The number of hydrogen-bond acceptors (Lipinski definition) is 8. The second kappa shape index (κ2) is 11.8. The third-order valence-electron chi connectivity index (χ3n) is 7.40. The van der Waals surface area contributed by atoms with E-state index in [1.165, 1.54) is 24.5 Å². The van der Waals surface area contributed by atoms with E-state index < -0.39 is 29.6 Å². The van der Waals surface area contributed by atoms with Crippen LogP contribution in [-0.4, -0.2) is 58.1 Å². The number of pyridine rings is 2. The number of carbonyl (C=O) groups is 3. The number of rotatable bonds is 4. The zero-order valence-corrected chi connectivity index (χ0v) is 24.7. The van der Waals surface area contributed by atoms with Gasteiger partial charge in [0, 0.05) is 40.9 Å². The molecule has 1 saturated carbocycles. The summed E-state index contributed by atoms with van der Waals surface area (Å²) >= 11 is 0. The molecule has 2 aliphatic rings. The van der Waals surface area contributed by atoms with E-state index in [1.807, 2.05) is 0 Å². The highest BCUT2D eigenvalue weighted by atomic mass is 19.1. The third kappa shape index (κ3) is 6.26. The molecule has 2 aromatic heterocycles. The van der Waals surface area contributed by atoms with Crippen LogP contribution in [0.2, 0.25) is 0 Å². The SMILES string of the molecule is Cc1c(-c2cc3cc(NC(=O)N[C@H]4CC[C@@H](C#N)C4)ncc3c(NC(=O)OC(C)(C)C)c2F)cnc2c1N(C(=O)O)CCO2. The molecule has 1 aliphatic carbocycles. The number of hydrogen-bond donors (Lipinski definition) is 4. The van der Waals surface area contributed by atoms with Crippen LogP contribution < -0.4 is 25.6 Å². The van der Waals surface area contributed by atoms with Crippen LogP contribution in [0.4, 0.5) is 36.0 Å². The van der Waals surface area contributed by atoms with E-state index in [9.17, 15) is 19.5 Å². The summed E-state index contributed by atoms with van der Waals surface area (Å²) in [6.45, 7) is 6.84. The Bertz CT molecular complexity index is 1700. The normalized spacial score (nSPS) is 17.7. The third-order valence-corrected chi connectivity index (χ3v) is 7.40. The first-order valence-electron chi connectivity index (χ1n) is 14.1. The first-order valence-corrected chi connectivity index (χ1v) is 14.1. The predicted octanol–water partition coefficient (Wildman–Crippen LogP) is 5.78. The lowest BCUT2D eigenvalue weighted by atomic mass is 9.96. The zero-order valence-electron chi connectivity index (χ0n) is 24.7. The molecule has 0 spiro atoms. The Kier molecular flexibility index (Phi) is 8.14. The van der Waals surface area contributed by atoms with Crippen LogP contribution in [0.1, 0.15) is 45.6 Å². The highest BCUT2D eigenvalue weighted by Gasteiger charge is 2.30. The number of aromatic nitrogens is 2. The summed E-state index contributed by atoms with van der Waals surface area (Å²) in [5.41, 5.74) is -0.193. The van der Waals surface area contributed by atoms with Crippen molar-refractivity contribution >= 4 is 46.2 Å². The Morgan fingerprint density at radius 1 is 1.16 bits per heavy atom. The fourth-order valence-electron chi connectivity index (χ4n) is 5.43. The van der Waals surface area contributed by atoms with E-state index in [0.717, 1.165) is 4.90 Å². The summed E-state index contributed by atoms with van der Waals surface area (Å²) in [6.07, 6.45) is 2.57. The smallest absolute Gasteiger partial charge is 0.412 e. The highest BCUT2D eigenvalue weighted by Crippen LogP contribution is 2.42. The van der Waals surface area contributed by atoms with Crippen molar-refractivity contribution < 1.29 is 33.4 Å². The van der Waals surface area contributed by atoms with Crippen LogP contribution in [0.15, 0.2) is 24.5 Å². The van der Waals surface area contributed by atoms with Gasteiger partial charge in [0.1, 0.15) is 23.7 Å². The molecule has 44 heavy (non-hydrogen) atoms. The summed E-state index contributed by atoms with van der Waals surface area (Å²) in [6, 6.07) is 4.62. The highest BCUT2D eigenvalue weighted by molar-refractivity contribution is 6.05. The minimum Gasteiger partial charge on any atom is -0.474 e. The van der Waals surface area contributed by atoms with Gasteiger partial charge >= 0.3 is 18.2 Å². The fourth-order valence-corrected chi connectivity index (χ4v) is 5.43. The molecule has 5 rings (SSSR count).